The summed E-state index contributed by atoms with van der Waals surface area (Å²) in [6.07, 6.45) is 2.88. The van der Waals surface area contributed by atoms with Crippen LogP contribution in [0.3, 0.4) is 0 Å². The molecule has 0 fully saturated rings. The molecule has 2 amide bonds. The van der Waals surface area contributed by atoms with Crippen LogP contribution in [0.25, 0.3) is 0 Å². The van der Waals surface area contributed by atoms with E-state index in [4.69, 9.17) is 4.74 Å². The molecule has 0 saturated heterocycles. The second-order valence-electron chi connectivity index (χ2n) is 7.11. The van der Waals surface area contributed by atoms with Gasteiger partial charge in [0.2, 0.25) is 5.91 Å². The van der Waals surface area contributed by atoms with E-state index in [-0.39, 0.29) is 11.8 Å². The summed E-state index contributed by atoms with van der Waals surface area (Å²) >= 11 is 0. The smallest absolute Gasteiger partial charge is 0.272 e. The van der Waals surface area contributed by atoms with Gasteiger partial charge in [0.15, 0.2) is 5.69 Å². The number of nitrogens with one attached hydrogen (secondary N) is 1. The van der Waals surface area contributed by atoms with Gasteiger partial charge in [-0.1, -0.05) is 12.1 Å². The van der Waals surface area contributed by atoms with Crippen LogP contribution in [0.15, 0.2) is 24.3 Å². The first-order chi connectivity index (χ1) is 13.1. The third-order valence-electron chi connectivity index (χ3n) is 5.12. The fraction of sp³-hybridized carbons (Fsp3) is 0.450. The molecule has 1 aromatic carbocycles. The van der Waals surface area contributed by atoms with Crippen molar-refractivity contribution in [3.05, 3.63) is 46.8 Å². The Balaban J connectivity index is 1.42. The molecule has 3 heterocycles. The normalized spacial score (nSPS) is 16.0. The molecule has 4 rings (SSSR count). The third-order valence-corrected chi connectivity index (χ3v) is 5.12. The van der Waals surface area contributed by atoms with E-state index in [2.05, 4.69) is 16.5 Å². The number of aryl methyl sites for hydroxylation is 2. The van der Waals surface area contributed by atoms with Gasteiger partial charge in [-0.05, 0) is 42.5 Å². The molecule has 142 valence electrons. The monoisotopic (exact) mass is 368 g/mol. The number of aromatic nitrogens is 2. The van der Waals surface area contributed by atoms with Crippen LogP contribution >= 0.6 is 0 Å². The third kappa shape index (κ3) is 3.82. The molecule has 0 bridgehead atoms. The van der Waals surface area contributed by atoms with E-state index in [9.17, 15) is 9.59 Å². The zero-order valence-corrected chi connectivity index (χ0v) is 15.5. The Kier molecular flexibility index (Phi) is 4.83. The van der Waals surface area contributed by atoms with Gasteiger partial charge >= 0.3 is 0 Å². The Morgan fingerprint density at radius 3 is 2.96 bits per heavy atom. The lowest BCUT2D eigenvalue weighted by molar-refractivity contribution is -0.129. The summed E-state index contributed by atoms with van der Waals surface area (Å²) in [6.45, 7) is 4.74. The molecule has 27 heavy (non-hydrogen) atoms. The van der Waals surface area contributed by atoms with Gasteiger partial charge in [-0.3, -0.25) is 14.3 Å². The Labute approximate surface area is 158 Å². The maximum absolute atomic E-state index is 12.5. The largest absolute Gasteiger partial charge is 0.493 e. The predicted octanol–water partition coefficient (Wildman–Crippen LogP) is 1.89. The molecule has 0 radical (unpaired) electrons. The van der Waals surface area contributed by atoms with Gasteiger partial charge in [0.1, 0.15) is 5.75 Å². The summed E-state index contributed by atoms with van der Waals surface area (Å²) < 4.78 is 7.47. The highest BCUT2D eigenvalue weighted by Crippen LogP contribution is 2.25. The van der Waals surface area contributed by atoms with Gasteiger partial charge in [0, 0.05) is 26.6 Å². The van der Waals surface area contributed by atoms with E-state index in [1.807, 2.05) is 16.8 Å². The fourth-order valence-electron chi connectivity index (χ4n) is 3.64. The molecule has 2 aliphatic heterocycles. The number of amides is 2. The van der Waals surface area contributed by atoms with Crippen LogP contribution in [0.4, 0.5) is 0 Å². The van der Waals surface area contributed by atoms with E-state index in [0.29, 0.717) is 18.8 Å². The zero-order valence-electron chi connectivity index (χ0n) is 15.5. The summed E-state index contributed by atoms with van der Waals surface area (Å²) in [5.41, 5.74) is 3.55. The van der Waals surface area contributed by atoms with Gasteiger partial charge in [0.05, 0.1) is 18.8 Å². The van der Waals surface area contributed by atoms with Crippen LogP contribution in [0.2, 0.25) is 0 Å². The van der Waals surface area contributed by atoms with Gasteiger partial charge in [-0.15, -0.1) is 0 Å². The lowest BCUT2D eigenvalue weighted by Crippen LogP contribution is -2.28. The van der Waals surface area contributed by atoms with Gasteiger partial charge in [0.25, 0.3) is 5.91 Å². The first kappa shape index (κ1) is 17.6. The lowest BCUT2D eigenvalue weighted by Gasteiger charge is -2.18. The van der Waals surface area contributed by atoms with E-state index >= 15 is 0 Å². The van der Waals surface area contributed by atoms with Crippen molar-refractivity contribution >= 4 is 11.8 Å². The Morgan fingerprint density at radius 2 is 2.11 bits per heavy atom. The lowest BCUT2D eigenvalue weighted by atomic mass is 10.0. The van der Waals surface area contributed by atoms with E-state index in [1.54, 1.807) is 17.9 Å². The topological polar surface area (TPSA) is 76.5 Å². The van der Waals surface area contributed by atoms with Crippen LogP contribution in [0, 0.1) is 0 Å². The number of nitrogens with zero attached hydrogens (tertiary/aromatic N) is 3. The van der Waals surface area contributed by atoms with E-state index < -0.39 is 0 Å². The molecule has 0 saturated carbocycles. The number of hydrogen-bond acceptors (Lipinski definition) is 4. The molecule has 0 atom stereocenters. The summed E-state index contributed by atoms with van der Waals surface area (Å²) in [5, 5.41) is 7.38. The number of ether oxygens (including phenoxy) is 1. The minimum absolute atomic E-state index is 0.0482. The Bertz CT molecular complexity index is 874. The number of hydrogen-bond donors (Lipinski definition) is 1. The van der Waals surface area contributed by atoms with Crippen molar-refractivity contribution in [3.8, 4) is 5.75 Å². The highest BCUT2D eigenvalue weighted by molar-refractivity contribution is 5.92. The van der Waals surface area contributed by atoms with Gasteiger partial charge < -0.3 is 15.0 Å². The number of carbonyl (C=O) groups is 2. The first-order valence-corrected chi connectivity index (χ1v) is 9.45. The van der Waals surface area contributed by atoms with Crippen molar-refractivity contribution in [3.63, 3.8) is 0 Å². The van der Waals surface area contributed by atoms with Crippen molar-refractivity contribution in [2.24, 2.45) is 0 Å². The first-order valence-electron chi connectivity index (χ1n) is 9.45. The second-order valence-corrected chi connectivity index (χ2v) is 7.11. The van der Waals surface area contributed by atoms with Crippen molar-refractivity contribution < 1.29 is 14.3 Å². The minimum atomic E-state index is -0.195. The maximum Gasteiger partial charge on any atom is 0.272 e. The van der Waals surface area contributed by atoms with Crippen molar-refractivity contribution in [2.75, 3.05) is 13.2 Å². The molecule has 2 aromatic rings. The Morgan fingerprint density at radius 1 is 1.22 bits per heavy atom. The second kappa shape index (κ2) is 7.42. The summed E-state index contributed by atoms with van der Waals surface area (Å²) in [6, 6.07) is 7.85. The van der Waals surface area contributed by atoms with Crippen LogP contribution in [0.1, 0.15) is 47.1 Å². The quantitative estimate of drug-likeness (QED) is 0.898. The van der Waals surface area contributed by atoms with Crippen molar-refractivity contribution in [2.45, 2.75) is 45.8 Å². The van der Waals surface area contributed by atoms with Crippen LogP contribution in [0.5, 0.6) is 5.75 Å². The molecular formula is C20H24N4O3. The Hall–Kier alpha value is -2.83. The average Bonchev–Trinajstić information content (AvgIpc) is 2.97. The number of rotatable bonds is 3. The number of fused-ring (bicyclic) bond motifs is 2. The van der Waals surface area contributed by atoms with Crippen LogP contribution in [-0.2, 0) is 30.8 Å². The van der Waals surface area contributed by atoms with Gasteiger partial charge in [-0.2, -0.15) is 5.10 Å². The van der Waals surface area contributed by atoms with E-state index in [1.165, 1.54) is 5.56 Å². The predicted molar refractivity (Wildman–Crippen MR) is 99.4 cm³/mol. The molecule has 1 N–H and O–H groups in total. The van der Waals surface area contributed by atoms with Crippen molar-refractivity contribution in [1.29, 1.82) is 0 Å². The van der Waals surface area contributed by atoms with E-state index in [0.717, 1.165) is 56.0 Å². The highest BCUT2D eigenvalue weighted by Gasteiger charge is 2.20. The van der Waals surface area contributed by atoms with Gasteiger partial charge in [-0.25, -0.2) is 0 Å². The standard InChI is InChI=1S/C20H24N4O3/c1-14(25)23-7-3-8-24-17(13-23)11-18(22-24)20(26)21-12-15-5-6-19-16(10-15)4-2-9-27-19/h5-6,10-11H,2-4,7-9,12-13H2,1H3,(H,21,26). The molecule has 2 aliphatic rings. The summed E-state index contributed by atoms with van der Waals surface area (Å²) in [4.78, 5) is 26.0. The van der Waals surface area contributed by atoms with Crippen LogP contribution < -0.4 is 10.1 Å². The highest BCUT2D eigenvalue weighted by atomic mass is 16.5. The fourth-order valence-corrected chi connectivity index (χ4v) is 3.64. The number of carbonyl (C=O) groups excluding carboxylic acids is 2. The van der Waals surface area contributed by atoms with Crippen LogP contribution in [-0.4, -0.2) is 39.6 Å². The molecule has 1 aromatic heterocycles. The average molecular weight is 368 g/mol. The summed E-state index contributed by atoms with van der Waals surface area (Å²) in [5.74, 6) is 0.801. The SMILES string of the molecule is CC(=O)N1CCCn2nc(C(=O)NCc3ccc4c(c3)CCCO4)cc2C1. The molecule has 0 aliphatic carbocycles. The maximum atomic E-state index is 12.5. The molecule has 0 spiro atoms. The zero-order chi connectivity index (χ0) is 18.8. The molecular weight excluding hydrogens is 344 g/mol. The number of benzene rings is 1. The molecule has 0 unspecified atom stereocenters. The molecule has 7 heteroatoms. The van der Waals surface area contributed by atoms with Crippen molar-refractivity contribution in [1.82, 2.24) is 20.0 Å². The summed E-state index contributed by atoms with van der Waals surface area (Å²) in [7, 11) is 0. The molecule has 7 nitrogen and oxygen atoms in total. The minimum Gasteiger partial charge on any atom is -0.493 e.